The van der Waals surface area contributed by atoms with Gasteiger partial charge in [0.1, 0.15) is 0 Å². The molecule has 0 aromatic carbocycles. The molecular weight excluding hydrogens is 352 g/mol. The van der Waals surface area contributed by atoms with Crippen LogP contribution in [0.25, 0.3) is 0 Å². The van der Waals surface area contributed by atoms with Crippen LogP contribution < -0.4 is 0 Å². The van der Waals surface area contributed by atoms with E-state index < -0.39 is 11.9 Å². The second-order valence-electron chi connectivity index (χ2n) is 6.51. The molecule has 0 fully saturated rings. The van der Waals surface area contributed by atoms with Crippen LogP contribution in [-0.2, 0) is 9.59 Å². The van der Waals surface area contributed by atoms with Gasteiger partial charge in [-0.3, -0.25) is 9.59 Å². The van der Waals surface area contributed by atoms with Crippen LogP contribution in [0.5, 0.6) is 0 Å². The van der Waals surface area contributed by atoms with Crippen LogP contribution in [0.1, 0.15) is 96.8 Å². The Morgan fingerprint density at radius 2 is 1.00 bits per heavy atom. The van der Waals surface area contributed by atoms with Gasteiger partial charge in [-0.15, -0.1) is 0 Å². The summed E-state index contributed by atoms with van der Waals surface area (Å²) in [6.07, 6.45) is 16.5. The van der Waals surface area contributed by atoms with E-state index in [0.717, 1.165) is 6.42 Å². The zero-order valence-corrected chi connectivity index (χ0v) is 17.4. The summed E-state index contributed by atoms with van der Waals surface area (Å²) < 4.78 is 0. The molecule has 0 bridgehead atoms. The van der Waals surface area contributed by atoms with Gasteiger partial charge in [0.05, 0.1) is 12.8 Å². The number of hydrogen-bond acceptors (Lipinski definition) is 4. The Labute approximate surface area is 164 Å². The summed E-state index contributed by atoms with van der Waals surface area (Å²) in [5.74, 6) is -0.703. The van der Waals surface area contributed by atoms with Gasteiger partial charge in [0.2, 0.25) is 0 Å². The molecule has 0 saturated heterocycles. The summed E-state index contributed by atoms with van der Waals surface area (Å²) in [4.78, 5) is 19.9. The van der Waals surface area contributed by atoms with E-state index in [0.29, 0.717) is 18.1 Å². The highest BCUT2D eigenvalue weighted by Gasteiger charge is 1.99. The minimum atomic E-state index is -0.840. The molecule has 0 amide bonds. The monoisotopic (exact) mass is 392 g/mol. The van der Waals surface area contributed by atoms with Gasteiger partial charge < -0.3 is 15.3 Å². The quantitative estimate of drug-likeness (QED) is 0.272. The van der Waals surface area contributed by atoms with Gasteiger partial charge in [-0.05, 0) is 6.42 Å². The number of unbranched alkanes of at least 4 members (excludes halogenated alkanes) is 11. The summed E-state index contributed by atoms with van der Waals surface area (Å²) in [6, 6.07) is 0. The summed E-state index contributed by atoms with van der Waals surface area (Å²) in [5.41, 5.74) is 0. The third-order valence-corrected chi connectivity index (χ3v) is 4.92. The van der Waals surface area contributed by atoms with E-state index in [1.54, 1.807) is 0 Å². The molecule has 156 valence electrons. The largest absolute Gasteiger partial charge is 0.481 e. The molecule has 0 rings (SSSR count). The van der Waals surface area contributed by atoms with Gasteiger partial charge in [0.15, 0.2) is 0 Å². The molecule has 6 heteroatoms. The van der Waals surface area contributed by atoms with Crippen molar-refractivity contribution in [3.63, 3.8) is 0 Å². The number of carboxylic acids is 2. The molecule has 0 aliphatic rings. The number of aliphatic carboxylic acids is 2. The van der Waals surface area contributed by atoms with Crippen LogP contribution in [0.3, 0.4) is 0 Å². The smallest absolute Gasteiger partial charge is 0.304 e. The van der Waals surface area contributed by atoms with Crippen molar-refractivity contribution in [2.45, 2.75) is 96.8 Å². The van der Waals surface area contributed by atoms with Crippen LogP contribution in [0, 0.1) is 0 Å². The molecule has 0 aliphatic carbocycles. The highest BCUT2D eigenvalue weighted by atomic mass is 32.2. The van der Waals surface area contributed by atoms with Crippen LogP contribution in [0.2, 0.25) is 0 Å². The minimum absolute atomic E-state index is 0.101. The van der Waals surface area contributed by atoms with Crippen LogP contribution in [-0.4, -0.2) is 45.4 Å². The van der Waals surface area contributed by atoms with Gasteiger partial charge in [-0.1, -0.05) is 77.6 Å². The number of aliphatic hydroxyl groups is 1. The Morgan fingerprint density at radius 1 is 0.654 bits per heavy atom. The number of thioether (sulfide) groups is 1. The van der Waals surface area contributed by atoms with E-state index in [2.05, 4.69) is 6.92 Å². The highest BCUT2D eigenvalue weighted by molar-refractivity contribution is 7.99. The first-order chi connectivity index (χ1) is 12.5. The second-order valence-corrected chi connectivity index (χ2v) is 7.74. The van der Waals surface area contributed by atoms with E-state index >= 15 is 0 Å². The standard InChI is InChI=1S/C14H30O.C6H10O4S/c1-2-3-4-5-6-7-8-9-10-11-12-13-14-15;7-5(8)1-3-11-4-2-6(9)10/h15H,2-14H2,1H3;1-4H2,(H,7,8)(H,9,10). The van der Waals surface area contributed by atoms with Crippen molar-refractivity contribution >= 4 is 23.7 Å². The van der Waals surface area contributed by atoms with Crippen LogP contribution in [0.15, 0.2) is 0 Å². The van der Waals surface area contributed by atoms with E-state index in [9.17, 15) is 9.59 Å². The topological polar surface area (TPSA) is 94.8 Å². The molecule has 5 nitrogen and oxygen atoms in total. The van der Waals surface area contributed by atoms with Gasteiger partial charge in [0, 0.05) is 18.1 Å². The van der Waals surface area contributed by atoms with Crippen LogP contribution >= 0.6 is 11.8 Å². The third kappa shape index (κ3) is 31.1. The molecule has 0 aromatic heterocycles. The predicted molar refractivity (Wildman–Crippen MR) is 110 cm³/mol. The highest BCUT2D eigenvalue weighted by Crippen LogP contribution is 2.11. The summed E-state index contributed by atoms with van der Waals surface area (Å²) in [5, 5.41) is 25.0. The first-order valence-electron chi connectivity index (χ1n) is 10.2. The lowest BCUT2D eigenvalue weighted by Crippen LogP contribution is -1.99. The fourth-order valence-electron chi connectivity index (χ4n) is 2.37. The van der Waals surface area contributed by atoms with Crippen molar-refractivity contribution in [2.75, 3.05) is 18.1 Å². The van der Waals surface area contributed by atoms with Crippen molar-refractivity contribution < 1.29 is 24.9 Å². The second kappa shape index (κ2) is 24.2. The maximum atomic E-state index is 9.97. The number of carbonyl (C=O) groups is 2. The molecule has 0 saturated carbocycles. The minimum Gasteiger partial charge on any atom is -0.481 e. The normalized spacial score (nSPS) is 10.2. The average molecular weight is 393 g/mol. The maximum Gasteiger partial charge on any atom is 0.304 e. The molecule has 0 heterocycles. The van der Waals surface area contributed by atoms with E-state index in [4.69, 9.17) is 15.3 Å². The molecule has 0 atom stereocenters. The average Bonchev–Trinajstić information content (AvgIpc) is 2.59. The van der Waals surface area contributed by atoms with E-state index in [1.807, 2.05) is 0 Å². The number of aliphatic hydroxyl groups excluding tert-OH is 1. The number of rotatable bonds is 18. The fraction of sp³-hybridized carbons (Fsp3) is 0.900. The first kappa shape index (κ1) is 27.5. The Hall–Kier alpha value is -0.750. The lowest BCUT2D eigenvalue weighted by molar-refractivity contribution is -0.137. The SMILES string of the molecule is CCCCCCCCCCCCCCO.O=C(O)CCSCCC(=O)O. The maximum absolute atomic E-state index is 9.97. The zero-order chi connectivity index (χ0) is 19.9. The van der Waals surface area contributed by atoms with Crippen molar-refractivity contribution in [1.82, 2.24) is 0 Å². The predicted octanol–water partition coefficient (Wildman–Crippen LogP) is 5.35. The molecule has 0 aliphatic heterocycles. The van der Waals surface area contributed by atoms with Gasteiger partial charge in [0.25, 0.3) is 0 Å². The van der Waals surface area contributed by atoms with Crippen molar-refractivity contribution in [1.29, 1.82) is 0 Å². The van der Waals surface area contributed by atoms with E-state index in [1.165, 1.54) is 82.4 Å². The third-order valence-electron chi connectivity index (χ3n) is 3.93. The molecular formula is C20H40O5S. The molecule has 3 N–H and O–H groups in total. The molecule has 0 unspecified atom stereocenters. The zero-order valence-electron chi connectivity index (χ0n) is 16.6. The van der Waals surface area contributed by atoms with Gasteiger partial charge >= 0.3 is 11.9 Å². The number of hydrogen-bond donors (Lipinski definition) is 3. The molecule has 0 aromatic rings. The van der Waals surface area contributed by atoms with Crippen LogP contribution in [0.4, 0.5) is 0 Å². The Bertz CT molecular complexity index is 283. The Balaban J connectivity index is 0. The van der Waals surface area contributed by atoms with Crippen molar-refractivity contribution in [3.8, 4) is 0 Å². The summed E-state index contributed by atoms with van der Waals surface area (Å²) >= 11 is 1.35. The lowest BCUT2D eigenvalue weighted by Gasteiger charge is -2.01. The first-order valence-corrected chi connectivity index (χ1v) is 11.3. The van der Waals surface area contributed by atoms with Gasteiger partial charge in [-0.25, -0.2) is 0 Å². The Kier molecular flexibility index (Phi) is 25.6. The summed E-state index contributed by atoms with van der Waals surface area (Å²) in [6.45, 7) is 2.64. The molecule has 0 spiro atoms. The van der Waals surface area contributed by atoms with E-state index in [-0.39, 0.29) is 12.8 Å². The van der Waals surface area contributed by atoms with Crippen molar-refractivity contribution in [3.05, 3.63) is 0 Å². The number of carboxylic acid groups (broad SMARTS) is 2. The lowest BCUT2D eigenvalue weighted by atomic mass is 10.1. The molecule has 26 heavy (non-hydrogen) atoms. The summed E-state index contributed by atoms with van der Waals surface area (Å²) in [7, 11) is 0. The fourth-order valence-corrected chi connectivity index (χ4v) is 3.22. The Morgan fingerprint density at radius 3 is 1.31 bits per heavy atom. The van der Waals surface area contributed by atoms with Gasteiger partial charge in [-0.2, -0.15) is 11.8 Å². The molecule has 0 radical (unpaired) electrons. The van der Waals surface area contributed by atoms with Crippen molar-refractivity contribution in [2.24, 2.45) is 0 Å².